The predicted octanol–water partition coefficient (Wildman–Crippen LogP) is 3.23. The van der Waals surface area contributed by atoms with Crippen molar-refractivity contribution in [3.8, 4) is 0 Å². The van der Waals surface area contributed by atoms with Crippen molar-refractivity contribution in [1.29, 1.82) is 0 Å². The first-order valence-corrected chi connectivity index (χ1v) is 7.66. The van der Waals surface area contributed by atoms with Crippen molar-refractivity contribution in [2.45, 2.75) is 45.8 Å². The van der Waals surface area contributed by atoms with Gasteiger partial charge in [-0.1, -0.05) is 20.8 Å². The van der Waals surface area contributed by atoms with E-state index in [0.29, 0.717) is 18.9 Å². The van der Waals surface area contributed by atoms with Crippen molar-refractivity contribution < 1.29 is 18.0 Å². The van der Waals surface area contributed by atoms with Crippen LogP contribution in [-0.2, 0) is 11.0 Å². The fourth-order valence-corrected chi connectivity index (χ4v) is 2.47. The number of alkyl halides is 3. The lowest BCUT2D eigenvalue weighted by atomic mass is 9.94. The van der Waals surface area contributed by atoms with Gasteiger partial charge in [0.15, 0.2) is 0 Å². The van der Waals surface area contributed by atoms with Crippen molar-refractivity contribution in [3.05, 3.63) is 23.9 Å². The summed E-state index contributed by atoms with van der Waals surface area (Å²) in [7, 11) is 0. The molecular formula is C16H22F3N3O. The molecule has 23 heavy (non-hydrogen) atoms. The summed E-state index contributed by atoms with van der Waals surface area (Å²) in [4.78, 5) is 17.9. The maximum Gasteiger partial charge on any atom is 0.416 e. The van der Waals surface area contributed by atoms with Gasteiger partial charge < -0.3 is 10.2 Å². The molecule has 1 N–H and O–H groups in total. The molecule has 1 amide bonds. The summed E-state index contributed by atoms with van der Waals surface area (Å²) in [5.74, 6) is 0.246. The third kappa shape index (κ3) is 4.59. The number of nitrogens with one attached hydrogen (secondary N) is 1. The average molecular weight is 329 g/mol. The molecule has 0 radical (unpaired) electrons. The quantitative estimate of drug-likeness (QED) is 0.906. The molecular weight excluding hydrogens is 307 g/mol. The van der Waals surface area contributed by atoms with Gasteiger partial charge in [0, 0.05) is 30.7 Å². The maximum absolute atomic E-state index is 12.8. The molecule has 1 atom stereocenters. The predicted molar refractivity (Wildman–Crippen MR) is 82.1 cm³/mol. The van der Waals surface area contributed by atoms with E-state index in [-0.39, 0.29) is 11.9 Å². The minimum absolute atomic E-state index is 0.0543. The van der Waals surface area contributed by atoms with Crippen LogP contribution < -0.4 is 10.2 Å². The van der Waals surface area contributed by atoms with E-state index in [9.17, 15) is 18.0 Å². The number of amides is 1. The van der Waals surface area contributed by atoms with Gasteiger partial charge in [0.1, 0.15) is 5.82 Å². The zero-order chi connectivity index (χ0) is 17.3. The normalized spacial score (nSPS) is 19.6. The number of pyridine rings is 1. The van der Waals surface area contributed by atoms with Gasteiger partial charge in [-0.3, -0.25) is 4.79 Å². The molecule has 2 rings (SSSR count). The molecule has 0 spiro atoms. The Balaban J connectivity index is 2.08. The van der Waals surface area contributed by atoms with Crippen LogP contribution in [0, 0.1) is 5.41 Å². The lowest BCUT2D eigenvalue weighted by Crippen LogP contribution is -2.50. The van der Waals surface area contributed by atoms with E-state index >= 15 is 0 Å². The Morgan fingerprint density at radius 3 is 2.65 bits per heavy atom. The minimum atomic E-state index is -4.38. The molecule has 1 aromatic heterocycles. The van der Waals surface area contributed by atoms with Gasteiger partial charge in [0.2, 0.25) is 5.91 Å². The Labute approximate surface area is 134 Å². The number of piperidine rings is 1. The molecule has 1 saturated heterocycles. The number of aromatic nitrogens is 1. The highest BCUT2D eigenvalue weighted by molar-refractivity contribution is 5.81. The Morgan fingerprint density at radius 1 is 1.35 bits per heavy atom. The number of halogens is 3. The smallest absolute Gasteiger partial charge is 0.355 e. The summed E-state index contributed by atoms with van der Waals surface area (Å²) >= 11 is 0. The molecule has 1 aromatic rings. The van der Waals surface area contributed by atoms with Crippen molar-refractivity contribution in [2.24, 2.45) is 5.41 Å². The van der Waals surface area contributed by atoms with Gasteiger partial charge in [-0.15, -0.1) is 0 Å². The second kappa shape index (κ2) is 6.37. The fourth-order valence-electron chi connectivity index (χ4n) is 2.47. The van der Waals surface area contributed by atoms with Crippen LogP contribution in [-0.4, -0.2) is 30.0 Å². The lowest BCUT2D eigenvalue weighted by Gasteiger charge is -2.35. The molecule has 1 fully saturated rings. The minimum Gasteiger partial charge on any atom is -0.355 e. The molecule has 0 aliphatic carbocycles. The van der Waals surface area contributed by atoms with Crippen molar-refractivity contribution in [1.82, 2.24) is 10.3 Å². The molecule has 0 bridgehead atoms. The number of carbonyl (C=O) groups excluding carboxylic acids is 1. The van der Waals surface area contributed by atoms with Crippen LogP contribution in [0.5, 0.6) is 0 Å². The second-order valence-corrected chi connectivity index (χ2v) is 6.91. The summed E-state index contributed by atoms with van der Waals surface area (Å²) in [6.45, 7) is 6.60. The van der Waals surface area contributed by atoms with Gasteiger partial charge in [-0.05, 0) is 25.0 Å². The molecule has 0 saturated carbocycles. The fraction of sp³-hybridized carbons (Fsp3) is 0.625. The summed E-state index contributed by atoms with van der Waals surface area (Å²) in [5.41, 5.74) is -1.19. The number of anilines is 1. The highest BCUT2D eigenvalue weighted by Gasteiger charge is 2.32. The molecule has 7 heteroatoms. The van der Waals surface area contributed by atoms with E-state index in [4.69, 9.17) is 0 Å². The van der Waals surface area contributed by atoms with Gasteiger partial charge in [0.05, 0.1) is 5.56 Å². The third-order valence-corrected chi connectivity index (χ3v) is 3.83. The van der Waals surface area contributed by atoms with Crippen LogP contribution in [0.1, 0.15) is 39.2 Å². The number of nitrogens with zero attached hydrogens (tertiary/aromatic N) is 2. The largest absolute Gasteiger partial charge is 0.416 e. The first-order valence-electron chi connectivity index (χ1n) is 7.66. The van der Waals surface area contributed by atoms with E-state index < -0.39 is 17.2 Å². The van der Waals surface area contributed by atoms with E-state index in [1.54, 1.807) is 4.90 Å². The van der Waals surface area contributed by atoms with Crippen molar-refractivity contribution in [3.63, 3.8) is 0 Å². The molecule has 2 heterocycles. The summed E-state index contributed by atoms with van der Waals surface area (Å²) in [5, 5.41) is 2.97. The molecule has 4 nitrogen and oxygen atoms in total. The first kappa shape index (κ1) is 17.6. The topological polar surface area (TPSA) is 45.2 Å². The first-order chi connectivity index (χ1) is 10.6. The molecule has 128 valence electrons. The standard InChI is InChI=1S/C16H22F3N3O/c1-15(2,3)14(23)21-12-5-4-8-22(10-12)13-9-11(6-7-20-13)16(17,18)19/h6-7,9,12H,4-5,8,10H2,1-3H3,(H,21,23). The van der Waals surface area contributed by atoms with Gasteiger partial charge in [0.25, 0.3) is 0 Å². The van der Waals surface area contributed by atoms with Crippen LogP contribution in [0.4, 0.5) is 19.0 Å². The number of rotatable bonds is 2. The van der Waals surface area contributed by atoms with E-state index in [2.05, 4.69) is 10.3 Å². The Kier molecular flexibility index (Phi) is 4.87. The molecule has 1 aliphatic heterocycles. The highest BCUT2D eigenvalue weighted by Crippen LogP contribution is 2.31. The Morgan fingerprint density at radius 2 is 2.04 bits per heavy atom. The Hall–Kier alpha value is -1.79. The van der Waals surface area contributed by atoms with Gasteiger partial charge in [-0.25, -0.2) is 4.98 Å². The monoisotopic (exact) mass is 329 g/mol. The molecule has 1 unspecified atom stereocenters. The number of carbonyl (C=O) groups is 1. The van der Waals surface area contributed by atoms with Crippen molar-refractivity contribution >= 4 is 11.7 Å². The highest BCUT2D eigenvalue weighted by atomic mass is 19.4. The maximum atomic E-state index is 12.8. The van der Waals surface area contributed by atoms with Crippen molar-refractivity contribution in [2.75, 3.05) is 18.0 Å². The second-order valence-electron chi connectivity index (χ2n) is 6.91. The summed E-state index contributed by atoms with van der Waals surface area (Å²) in [6.07, 6.45) is -1.59. The SMILES string of the molecule is CC(C)(C)C(=O)NC1CCCN(c2cc(C(F)(F)F)ccn2)C1. The summed E-state index contributed by atoms with van der Waals surface area (Å²) < 4.78 is 38.4. The van der Waals surface area contributed by atoms with Crippen LogP contribution in [0.2, 0.25) is 0 Å². The van der Waals surface area contributed by atoms with Gasteiger partial charge >= 0.3 is 6.18 Å². The Bertz CT molecular complexity index is 566. The van der Waals surface area contributed by atoms with Gasteiger partial charge in [-0.2, -0.15) is 13.2 Å². The lowest BCUT2D eigenvalue weighted by molar-refractivity contribution is -0.137. The zero-order valence-electron chi connectivity index (χ0n) is 13.6. The van der Waals surface area contributed by atoms with Crippen LogP contribution in [0.15, 0.2) is 18.3 Å². The molecule has 0 aromatic carbocycles. The molecule has 1 aliphatic rings. The van der Waals surface area contributed by atoms with E-state index in [0.717, 1.165) is 25.0 Å². The summed E-state index contributed by atoms with van der Waals surface area (Å²) in [6, 6.07) is 1.95. The van der Waals surface area contributed by atoms with Crippen LogP contribution in [0.3, 0.4) is 0 Å². The zero-order valence-corrected chi connectivity index (χ0v) is 13.6. The average Bonchev–Trinajstić information content (AvgIpc) is 2.46. The van der Waals surface area contributed by atoms with E-state index in [1.807, 2.05) is 20.8 Å². The number of hydrogen-bond donors (Lipinski definition) is 1. The number of hydrogen-bond acceptors (Lipinski definition) is 3. The van der Waals surface area contributed by atoms with Crippen LogP contribution >= 0.6 is 0 Å². The van der Waals surface area contributed by atoms with Crippen LogP contribution in [0.25, 0.3) is 0 Å². The third-order valence-electron chi connectivity index (χ3n) is 3.83. The van der Waals surface area contributed by atoms with E-state index in [1.165, 1.54) is 6.20 Å².